The lowest BCUT2D eigenvalue weighted by Gasteiger charge is -2.12. The summed E-state index contributed by atoms with van der Waals surface area (Å²) in [5, 5.41) is 0. The topological polar surface area (TPSA) is 35.2 Å². The summed E-state index contributed by atoms with van der Waals surface area (Å²) in [5.41, 5.74) is 7.31. The molecule has 2 N–H and O–H groups in total. The van der Waals surface area contributed by atoms with E-state index < -0.39 is 0 Å². The molecule has 1 aromatic rings. The molecule has 0 amide bonds. The Morgan fingerprint density at radius 2 is 2.21 bits per heavy atom. The van der Waals surface area contributed by atoms with E-state index in [9.17, 15) is 0 Å². The third kappa shape index (κ3) is 2.03. The molecule has 0 heterocycles. The van der Waals surface area contributed by atoms with Crippen molar-refractivity contribution in [2.75, 3.05) is 7.11 Å². The molecule has 14 heavy (non-hydrogen) atoms. The van der Waals surface area contributed by atoms with Crippen molar-refractivity contribution in [2.45, 2.75) is 18.9 Å². The fourth-order valence-electron chi connectivity index (χ4n) is 1.61. The number of nitrogens with two attached hydrogens (primary N) is 1. The molecule has 1 fully saturated rings. The average molecular weight is 303 g/mol. The van der Waals surface area contributed by atoms with Crippen molar-refractivity contribution >= 4 is 22.6 Å². The molecule has 1 aromatic carbocycles. The van der Waals surface area contributed by atoms with Gasteiger partial charge in [-0.05, 0) is 59.0 Å². The molecule has 1 saturated carbocycles. The molecule has 0 spiro atoms. The highest BCUT2D eigenvalue weighted by molar-refractivity contribution is 14.1. The van der Waals surface area contributed by atoms with Crippen molar-refractivity contribution in [3.05, 3.63) is 27.3 Å². The van der Waals surface area contributed by atoms with Crippen molar-refractivity contribution < 1.29 is 4.74 Å². The van der Waals surface area contributed by atoms with Gasteiger partial charge >= 0.3 is 0 Å². The van der Waals surface area contributed by atoms with Gasteiger partial charge < -0.3 is 10.5 Å². The van der Waals surface area contributed by atoms with Gasteiger partial charge in [-0.25, -0.2) is 0 Å². The number of rotatable bonds is 3. The van der Waals surface area contributed by atoms with E-state index in [-0.39, 0.29) is 6.04 Å². The molecule has 0 bridgehead atoms. The number of halogens is 1. The minimum atomic E-state index is 0.195. The Labute approximate surface area is 98.0 Å². The fourth-order valence-corrected chi connectivity index (χ4v) is 2.17. The van der Waals surface area contributed by atoms with E-state index in [0.29, 0.717) is 5.92 Å². The van der Waals surface area contributed by atoms with Crippen molar-refractivity contribution in [2.24, 2.45) is 11.7 Å². The number of benzene rings is 1. The Kier molecular flexibility index (Phi) is 2.97. The zero-order chi connectivity index (χ0) is 10.1. The van der Waals surface area contributed by atoms with E-state index in [1.54, 1.807) is 7.11 Å². The molecule has 2 nitrogen and oxygen atoms in total. The van der Waals surface area contributed by atoms with Crippen LogP contribution in [0.2, 0.25) is 0 Å². The summed E-state index contributed by atoms with van der Waals surface area (Å²) >= 11 is 2.27. The predicted octanol–water partition coefficient (Wildman–Crippen LogP) is 2.71. The second-order valence-corrected chi connectivity index (χ2v) is 4.92. The normalized spacial score (nSPS) is 17.9. The van der Waals surface area contributed by atoms with E-state index in [0.717, 1.165) is 9.32 Å². The third-order valence-corrected chi connectivity index (χ3v) is 3.58. The van der Waals surface area contributed by atoms with Gasteiger partial charge in [-0.2, -0.15) is 0 Å². The van der Waals surface area contributed by atoms with E-state index >= 15 is 0 Å². The maximum absolute atomic E-state index is 6.12. The largest absolute Gasteiger partial charge is 0.496 e. The molecule has 1 aliphatic rings. The number of hydrogen-bond donors (Lipinski definition) is 1. The molecular weight excluding hydrogens is 289 g/mol. The van der Waals surface area contributed by atoms with E-state index in [2.05, 4.69) is 40.8 Å². The molecule has 3 heteroatoms. The van der Waals surface area contributed by atoms with Crippen molar-refractivity contribution in [3.8, 4) is 5.75 Å². The first kappa shape index (κ1) is 10.2. The molecule has 2 rings (SSSR count). The Morgan fingerprint density at radius 3 is 2.79 bits per heavy atom. The van der Waals surface area contributed by atoms with Gasteiger partial charge in [-0.1, -0.05) is 6.07 Å². The average Bonchev–Trinajstić information content (AvgIpc) is 3.01. The lowest BCUT2D eigenvalue weighted by atomic mass is 10.0. The Hall–Kier alpha value is -0.290. The molecule has 0 unspecified atom stereocenters. The monoisotopic (exact) mass is 303 g/mol. The van der Waals surface area contributed by atoms with Gasteiger partial charge in [0.25, 0.3) is 0 Å². The molecule has 0 aromatic heterocycles. The molecule has 1 aliphatic carbocycles. The summed E-state index contributed by atoms with van der Waals surface area (Å²) in [6.45, 7) is 0. The van der Waals surface area contributed by atoms with E-state index in [4.69, 9.17) is 10.5 Å². The molecule has 0 aliphatic heterocycles. The van der Waals surface area contributed by atoms with Crippen LogP contribution in [0.5, 0.6) is 5.75 Å². The summed E-state index contributed by atoms with van der Waals surface area (Å²) < 4.78 is 6.41. The van der Waals surface area contributed by atoms with Crippen molar-refractivity contribution in [1.82, 2.24) is 0 Å². The summed E-state index contributed by atoms with van der Waals surface area (Å²) in [7, 11) is 1.70. The van der Waals surface area contributed by atoms with Gasteiger partial charge in [-0.3, -0.25) is 0 Å². The van der Waals surface area contributed by atoms with Gasteiger partial charge in [0.05, 0.1) is 10.7 Å². The van der Waals surface area contributed by atoms with Crippen molar-refractivity contribution in [1.29, 1.82) is 0 Å². The van der Waals surface area contributed by atoms with Gasteiger partial charge in [0.1, 0.15) is 5.75 Å². The van der Waals surface area contributed by atoms with Crippen LogP contribution >= 0.6 is 22.6 Å². The predicted molar refractivity (Wildman–Crippen MR) is 65.4 cm³/mol. The Bertz CT molecular complexity index is 336. The van der Waals surface area contributed by atoms with Crippen LogP contribution in [-0.2, 0) is 0 Å². The second-order valence-electron chi connectivity index (χ2n) is 3.76. The van der Waals surface area contributed by atoms with Crippen LogP contribution < -0.4 is 10.5 Å². The fraction of sp³-hybridized carbons (Fsp3) is 0.455. The highest BCUT2D eigenvalue weighted by atomic mass is 127. The highest BCUT2D eigenvalue weighted by Crippen LogP contribution is 2.40. The molecule has 0 saturated heterocycles. The van der Waals surface area contributed by atoms with E-state index in [1.807, 2.05) is 0 Å². The van der Waals surface area contributed by atoms with Crippen LogP contribution in [0.15, 0.2) is 18.2 Å². The minimum Gasteiger partial charge on any atom is -0.496 e. The zero-order valence-electron chi connectivity index (χ0n) is 8.16. The maximum Gasteiger partial charge on any atom is 0.132 e. The first-order chi connectivity index (χ1) is 6.72. The Balaban J connectivity index is 2.25. The number of methoxy groups -OCH3 is 1. The SMILES string of the molecule is COc1cc([C@@H](N)C2CC2)ccc1I. The highest BCUT2D eigenvalue weighted by Gasteiger charge is 2.29. The summed E-state index contributed by atoms with van der Waals surface area (Å²) in [5.74, 6) is 1.62. The van der Waals surface area contributed by atoms with Crippen molar-refractivity contribution in [3.63, 3.8) is 0 Å². The van der Waals surface area contributed by atoms with Gasteiger partial charge in [0.2, 0.25) is 0 Å². The number of hydrogen-bond acceptors (Lipinski definition) is 2. The number of ether oxygens (including phenoxy) is 1. The third-order valence-electron chi connectivity index (χ3n) is 2.69. The van der Waals surface area contributed by atoms with Gasteiger partial charge in [-0.15, -0.1) is 0 Å². The smallest absolute Gasteiger partial charge is 0.132 e. The van der Waals surface area contributed by atoms with Crippen LogP contribution in [-0.4, -0.2) is 7.11 Å². The quantitative estimate of drug-likeness (QED) is 0.871. The summed E-state index contributed by atoms with van der Waals surface area (Å²) in [4.78, 5) is 0. The first-order valence-electron chi connectivity index (χ1n) is 4.81. The minimum absolute atomic E-state index is 0.195. The van der Waals surface area contributed by atoms with Gasteiger partial charge in [0, 0.05) is 6.04 Å². The standard InChI is InChI=1S/C11H14INO/c1-14-10-6-8(4-5-9(10)12)11(13)7-2-3-7/h4-7,11H,2-3,13H2,1H3/t11-/m0/s1. The molecule has 0 radical (unpaired) electrons. The van der Waals surface area contributed by atoms with Gasteiger partial charge in [0.15, 0.2) is 0 Å². The summed E-state index contributed by atoms with van der Waals surface area (Å²) in [6.07, 6.45) is 2.55. The maximum atomic E-state index is 6.12. The van der Waals surface area contributed by atoms with E-state index in [1.165, 1.54) is 18.4 Å². The Morgan fingerprint density at radius 1 is 1.50 bits per heavy atom. The lowest BCUT2D eigenvalue weighted by molar-refractivity contribution is 0.410. The van der Waals surface area contributed by atoms with Crippen LogP contribution in [0.3, 0.4) is 0 Å². The molecular formula is C11H14INO. The second kappa shape index (κ2) is 4.06. The van der Waals surface area contributed by atoms with Crippen LogP contribution in [0, 0.1) is 9.49 Å². The molecule has 76 valence electrons. The molecule has 1 atom stereocenters. The first-order valence-corrected chi connectivity index (χ1v) is 5.89. The van der Waals surface area contributed by atoms with Crippen LogP contribution in [0.1, 0.15) is 24.4 Å². The van der Waals surface area contributed by atoms with Crippen LogP contribution in [0.25, 0.3) is 0 Å². The summed E-state index contributed by atoms with van der Waals surface area (Å²) in [6, 6.07) is 6.43. The zero-order valence-corrected chi connectivity index (χ0v) is 10.3. The lowest BCUT2D eigenvalue weighted by Crippen LogP contribution is -2.12. The van der Waals surface area contributed by atoms with Crippen LogP contribution in [0.4, 0.5) is 0 Å².